The first-order valence-corrected chi connectivity index (χ1v) is 7.20. The first kappa shape index (κ1) is 14.2. The number of aryl methyl sites for hydroxylation is 1. The van der Waals surface area contributed by atoms with Crippen molar-refractivity contribution in [3.63, 3.8) is 0 Å². The molecule has 0 amide bonds. The Balaban J connectivity index is 2.35. The number of hydrogen-bond donors (Lipinski definition) is 3. The van der Waals surface area contributed by atoms with Gasteiger partial charge in [0.05, 0.1) is 11.9 Å². The van der Waals surface area contributed by atoms with Crippen LogP contribution in [-0.4, -0.2) is 29.7 Å². The highest BCUT2D eigenvalue weighted by atomic mass is 32.2. The molecule has 1 aromatic heterocycles. The van der Waals surface area contributed by atoms with Crippen molar-refractivity contribution in [2.75, 3.05) is 0 Å². The number of rotatable bonds is 5. The number of nitrogens with one attached hydrogen (secondary N) is 2. The number of hydrogen-bond acceptors (Lipinski definition) is 4. The predicted octanol–water partition coefficient (Wildman–Crippen LogP) is 0.822. The normalized spacial score (nSPS) is 13.1. The van der Waals surface area contributed by atoms with Crippen LogP contribution in [0, 0.1) is 6.92 Å². The van der Waals surface area contributed by atoms with Gasteiger partial charge in [-0.2, -0.15) is 9.82 Å². The standard InChI is InChI=1S/C12H13N3O4S/c1-8-10(7-13-14-8)20(18,19)15-11(12(16)17)9-5-3-2-4-6-9/h2-7,11,15H,1H3,(H,13,14)(H,16,17)/t11-/m1/s1. The second-order valence-corrected chi connectivity index (χ2v) is 5.84. The Morgan fingerprint density at radius 2 is 2.00 bits per heavy atom. The number of carbonyl (C=O) groups is 1. The first-order valence-electron chi connectivity index (χ1n) is 5.72. The maximum absolute atomic E-state index is 12.2. The van der Waals surface area contributed by atoms with E-state index in [1.54, 1.807) is 37.3 Å². The summed E-state index contributed by atoms with van der Waals surface area (Å²) in [5.41, 5.74) is 0.694. The van der Waals surface area contributed by atoms with Crippen molar-refractivity contribution in [3.8, 4) is 0 Å². The number of aromatic amines is 1. The van der Waals surface area contributed by atoms with E-state index in [4.69, 9.17) is 0 Å². The lowest BCUT2D eigenvalue weighted by Gasteiger charge is -2.14. The number of benzene rings is 1. The molecule has 1 aromatic carbocycles. The SMILES string of the molecule is Cc1[nH]ncc1S(=O)(=O)N[C@@H](C(=O)O)c1ccccc1. The lowest BCUT2D eigenvalue weighted by molar-refractivity contribution is -0.139. The molecule has 1 atom stereocenters. The average molecular weight is 295 g/mol. The summed E-state index contributed by atoms with van der Waals surface area (Å²) in [7, 11) is -3.96. The Hall–Kier alpha value is -2.19. The van der Waals surface area contributed by atoms with Crippen LogP contribution in [0.1, 0.15) is 17.3 Å². The lowest BCUT2D eigenvalue weighted by Crippen LogP contribution is -2.33. The Kier molecular flexibility index (Phi) is 3.86. The van der Waals surface area contributed by atoms with Crippen LogP contribution in [-0.2, 0) is 14.8 Å². The molecule has 2 aromatic rings. The summed E-state index contributed by atoms with van der Waals surface area (Å²) < 4.78 is 26.5. The molecular formula is C12H13N3O4S. The highest BCUT2D eigenvalue weighted by Crippen LogP contribution is 2.18. The van der Waals surface area contributed by atoms with Crippen molar-refractivity contribution < 1.29 is 18.3 Å². The summed E-state index contributed by atoms with van der Waals surface area (Å²) >= 11 is 0. The van der Waals surface area contributed by atoms with Gasteiger partial charge in [-0.3, -0.25) is 9.89 Å². The van der Waals surface area contributed by atoms with Crippen molar-refractivity contribution in [2.45, 2.75) is 17.9 Å². The summed E-state index contributed by atoms with van der Waals surface area (Å²) in [6.07, 6.45) is 1.14. The van der Waals surface area contributed by atoms with Gasteiger partial charge < -0.3 is 5.11 Å². The third-order valence-electron chi connectivity index (χ3n) is 2.73. The number of carboxylic acid groups (broad SMARTS) is 1. The van der Waals surface area contributed by atoms with Crippen LogP contribution in [0.2, 0.25) is 0 Å². The van der Waals surface area contributed by atoms with E-state index >= 15 is 0 Å². The fourth-order valence-electron chi connectivity index (χ4n) is 1.74. The molecule has 0 saturated carbocycles. The molecule has 3 N–H and O–H groups in total. The molecule has 20 heavy (non-hydrogen) atoms. The second kappa shape index (κ2) is 5.43. The molecule has 0 aliphatic carbocycles. The number of sulfonamides is 1. The van der Waals surface area contributed by atoms with Crippen LogP contribution in [0.4, 0.5) is 0 Å². The Labute approximate surface area is 115 Å². The van der Waals surface area contributed by atoms with E-state index in [1.807, 2.05) is 0 Å². The van der Waals surface area contributed by atoms with Gasteiger partial charge in [-0.25, -0.2) is 8.42 Å². The minimum absolute atomic E-state index is 0.0697. The molecule has 2 rings (SSSR count). The predicted molar refractivity (Wildman–Crippen MR) is 70.5 cm³/mol. The minimum Gasteiger partial charge on any atom is -0.480 e. The molecule has 106 valence electrons. The van der Waals surface area contributed by atoms with Gasteiger partial charge in [0.25, 0.3) is 0 Å². The van der Waals surface area contributed by atoms with E-state index in [0.717, 1.165) is 6.20 Å². The fourth-order valence-corrected chi connectivity index (χ4v) is 3.05. The van der Waals surface area contributed by atoms with Gasteiger partial charge in [0.1, 0.15) is 10.9 Å². The van der Waals surface area contributed by atoms with Gasteiger partial charge in [0.15, 0.2) is 0 Å². The summed E-state index contributed by atoms with van der Waals surface area (Å²) in [6.45, 7) is 1.54. The van der Waals surface area contributed by atoms with Crippen molar-refractivity contribution in [1.29, 1.82) is 0 Å². The highest BCUT2D eigenvalue weighted by molar-refractivity contribution is 7.89. The fraction of sp³-hybridized carbons (Fsp3) is 0.167. The molecule has 0 radical (unpaired) electrons. The first-order chi connectivity index (χ1) is 9.42. The summed E-state index contributed by atoms with van der Waals surface area (Å²) in [5, 5.41) is 15.3. The van der Waals surface area contributed by atoms with Crippen LogP contribution in [0.3, 0.4) is 0 Å². The number of aromatic nitrogens is 2. The van der Waals surface area contributed by atoms with Gasteiger partial charge in [-0.1, -0.05) is 30.3 Å². The Bertz CT molecular complexity index is 709. The van der Waals surface area contributed by atoms with E-state index in [2.05, 4.69) is 14.9 Å². The maximum atomic E-state index is 12.2. The van der Waals surface area contributed by atoms with Gasteiger partial charge in [0, 0.05) is 0 Å². The average Bonchev–Trinajstić information content (AvgIpc) is 2.84. The largest absolute Gasteiger partial charge is 0.480 e. The Morgan fingerprint density at radius 1 is 1.35 bits per heavy atom. The molecular weight excluding hydrogens is 282 g/mol. The van der Waals surface area contributed by atoms with Crippen molar-refractivity contribution >= 4 is 16.0 Å². The highest BCUT2D eigenvalue weighted by Gasteiger charge is 2.28. The lowest BCUT2D eigenvalue weighted by atomic mass is 10.1. The van der Waals surface area contributed by atoms with E-state index in [1.165, 1.54) is 0 Å². The van der Waals surface area contributed by atoms with E-state index in [0.29, 0.717) is 11.3 Å². The Morgan fingerprint density at radius 3 is 2.50 bits per heavy atom. The van der Waals surface area contributed by atoms with Crippen LogP contribution < -0.4 is 4.72 Å². The molecule has 0 aliphatic heterocycles. The minimum atomic E-state index is -3.96. The summed E-state index contributed by atoms with van der Waals surface area (Å²) in [6, 6.07) is 6.74. The number of H-pyrrole nitrogens is 1. The van der Waals surface area contributed by atoms with Crippen LogP contribution in [0.5, 0.6) is 0 Å². The van der Waals surface area contributed by atoms with E-state index in [9.17, 15) is 18.3 Å². The zero-order valence-corrected chi connectivity index (χ0v) is 11.4. The monoisotopic (exact) mass is 295 g/mol. The van der Waals surface area contributed by atoms with Gasteiger partial charge in [-0.15, -0.1) is 0 Å². The van der Waals surface area contributed by atoms with Crippen LogP contribution in [0.15, 0.2) is 41.4 Å². The van der Waals surface area contributed by atoms with Gasteiger partial charge in [-0.05, 0) is 12.5 Å². The van der Waals surface area contributed by atoms with Gasteiger partial charge >= 0.3 is 5.97 Å². The quantitative estimate of drug-likeness (QED) is 0.756. The summed E-state index contributed by atoms with van der Waals surface area (Å²) in [5.74, 6) is -1.28. The molecule has 0 bridgehead atoms. The van der Waals surface area contributed by atoms with E-state index < -0.39 is 22.0 Å². The molecule has 0 fully saturated rings. The number of aliphatic carboxylic acids is 1. The zero-order chi connectivity index (χ0) is 14.8. The third kappa shape index (κ3) is 2.86. The second-order valence-electron chi connectivity index (χ2n) is 4.16. The molecule has 8 heteroatoms. The zero-order valence-electron chi connectivity index (χ0n) is 10.6. The molecule has 0 unspecified atom stereocenters. The molecule has 7 nitrogen and oxygen atoms in total. The number of nitrogens with zero attached hydrogens (tertiary/aromatic N) is 1. The number of carboxylic acids is 1. The van der Waals surface area contributed by atoms with Crippen molar-refractivity contribution in [2.24, 2.45) is 0 Å². The molecule has 0 aliphatic rings. The maximum Gasteiger partial charge on any atom is 0.326 e. The van der Waals surface area contributed by atoms with Crippen LogP contribution in [0.25, 0.3) is 0 Å². The molecule has 0 spiro atoms. The van der Waals surface area contributed by atoms with Crippen molar-refractivity contribution in [1.82, 2.24) is 14.9 Å². The van der Waals surface area contributed by atoms with Crippen LogP contribution >= 0.6 is 0 Å². The van der Waals surface area contributed by atoms with E-state index in [-0.39, 0.29) is 4.90 Å². The smallest absolute Gasteiger partial charge is 0.326 e. The third-order valence-corrected chi connectivity index (χ3v) is 4.26. The summed E-state index contributed by atoms with van der Waals surface area (Å²) in [4.78, 5) is 11.2. The topological polar surface area (TPSA) is 112 Å². The van der Waals surface area contributed by atoms with Gasteiger partial charge in [0.2, 0.25) is 10.0 Å². The van der Waals surface area contributed by atoms with Crippen molar-refractivity contribution in [3.05, 3.63) is 47.8 Å². The molecule has 1 heterocycles. The molecule has 0 saturated heterocycles.